The monoisotopic (exact) mass is 692 g/mol. The number of aryl methyl sites for hydroxylation is 3. The summed E-state index contributed by atoms with van der Waals surface area (Å²) in [4.78, 5) is 4.89. The topological polar surface area (TPSA) is 17.8 Å². The highest BCUT2D eigenvalue weighted by Gasteiger charge is 2.30. The Bertz CT molecular complexity index is 2770. The largest absolute Gasteiger partial charge is 0.309 e. The lowest BCUT2D eigenvalue weighted by molar-refractivity contribution is 0.821. The Balaban J connectivity index is 0.933. The lowest BCUT2D eigenvalue weighted by atomic mass is 9.88. The van der Waals surface area contributed by atoms with E-state index in [0.29, 0.717) is 0 Å². The van der Waals surface area contributed by atoms with E-state index in [1.54, 1.807) is 0 Å². The molecule has 10 rings (SSSR count). The van der Waals surface area contributed by atoms with Crippen LogP contribution in [0, 0.1) is 6.92 Å². The van der Waals surface area contributed by atoms with Crippen LogP contribution in [0.5, 0.6) is 0 Å². The maximum Gasteiger partial charge on any atom is 0.0743 e. The lowest BCUT2D eigenvalue weighted by Crippen LogP contribution is -2.03. The van der Waals surface area contributed by atoms with Crippen molar-refractivity contribution in [1.82, 2.24) is 9.55 Å². The predicted molar refractivity (Wildman–Crippen MR) is 225 cm³/mol. The molecule has 0 amide bonds. The maximum atomic E-state index is 4.89. The Morgan fingerprint density at radius 2 is 1.24 bits per heavy atom. The molecule has 1 unspecified atom stereocenters. The first-order valence-electron chi connectivity index (χ1n) is 19.1. The third-order valence-corrected chi connectivity index (χ3v) is 11.5. The van der Waals surface area contributed by atoms with Crippen LogP contribution in [0.2, 0.25) is 0 Å². The van der Waals surface area contributed by atoms with E-state index in [-0.39, 0.29) is 5.92 Å². The molecule has 0 aliphatic heterocycles. The first kappa shape index (κ1) is 32.2. The van der Waals surface area contributed by atoms with E-state index in [1.807, 2.05) is 6.20 Å². The van der Waals surface area contributed by atoms with Crippen LogP contribution >= 0.6 is 0 Å². The van der Waals surface area contributed by atoms with Crippen LogP contribution in [0.4, 0.5) is 0 Å². The third-order valence-electron chi connectivity index (χ3n) is 11.5. The predicted octanol–water partition coefficient (Wildman–Crippen LogP) is 13.0. The molecule has 2 aromatic heterocycles. The molecule has 2 nitrogen and oxygen atoms in total. The highest BCUT2D eigenvalue weighted by Crippen LogP contribution is 2.46. The molecule has 9 aromatic rings. The highest BCUT2D eigenvalue weighted by atomic mass is 15.0. The first-order chi connectivity index (χ1) is 26.7. The van der Waals surface area contributed by atoms with Crippen LogP contribution in [0.1, 0.15) is 39.3 Å². The fourth-order valence-corrected chi connectivity index (χ4v) is 8.85. The van der Waals surface area contributed by atoms with Gasteiger partial charge < -0.3 is 4.57 Å². The number of hydrogen-bond donors (Lipinski definition) is 0. The summed E-state index contributed by atoms with van der Waals surface area (Å²) >= 11 is 0. The van der Waals surface area contributed by atoms with Gasteiger partial charge in [-0.05, 0) is 118 Å². The van der Waals surface area contributed by atoms with Gasteiger partial charge >= 0.3 is 0 Å². The molecule has 0 N–H and O–H groups in total. The Morgan fingerprint density at radius 3 is 2.07 bits per heavy atom. The smallest absolute Gasteiger partial charge is 0.0743 e. The molecule has 2 heterocycles. The molecule has 0 spiro atoms. The average Bonchev–Trinajstić information content (AvgIpc) is 3.73. The van der Waals surface area contributed by atoms with Crippen LogP contribution in [0.3, 0.4) is 0 Å². The van der Waals surface area contributed by atoms with Crippen molar-refractivity contribution in [1.29, 1.82) is 0 Å². The van der Waals surface area contributed by atoms with Crippen LogP contribution < -0.4 is 0 Å². The summed E-state index contributed by atoms with van der Waals surface area (Å²) in [5, 5.41) is 2.57. The Kier molecular flexibility index (Phi) is 8.03. The number of rotatable bonds is 8. The summed E-state index contributed by atoms with van der Waals surface area (Å²) in [5.41, 5.74) is 19.3. The van der Waals surface area contributed by atoms with Gasteiger partial charge in [0.25, 0.3) is 0 Å². The van der Waals surface area contributed by atoms with Crippen molar-refractivity contribution in [3.8, 4) is 39.2 Å². The van der Waals surface area contributed by atoms with Crippen molar-refractivity contribution in [3.63, 3.8) is 0 Å². The summed E-state index contributed by atoms with van der Waals surface area (Å²) in [6.07, 6.45) is 4.84. The van der Waals surface area contributed by atoms with E-state index in [9.17, 15) is 0 Å². The average molecular weight is 693 g/mol. The van der Waals surface area contributed by atoms with Crippen molar-refractivity contribution < 1.29 is 0 Å². The van der Waals surface area contributed by atoms with Gasteiger partial charge in [0.15, 0.2) is 0 Å². The van der Waals surface area contributed by atoms with Crippen molar-refractivity contribution >= 4 is 21.8 Å². The maximum absolute atomic E-state index is 4.89. The zero-order valence-electron chi connectivity index (χ0n) is 30.4. The molecule has 0 saturated heterocycles. The summed E-state index contributed by atoms with van der Waals surface area (Å²) < 4.78 is 2.42. The number of aromatic nitrogens is 2. The second kappa shape index (κ2) is 13.5. The number of hydrogen-bond acceptors (Lipinski definition) is 1. The summed E-state index contributed by atoms with van der Waals surface area (Å²) in [6, 6.07) is 64.7. The van der Waals surface area contributed by atoms with Crippen molar-refractivity contribution in [3.05, 3.63) is 216 Å². The molecule has 0 saturated carbocycles. The molecule has 1 aliphatic carbocycles. The SMILES string of the molecule is Cc1ccc(-n2c3ccccc3c3ccccc32)cc1-c1ccccc1CCc1cccc(CC2c3ccc(-c4ccccc4)cc3-c3ncccc32)c1. The van der Waals surface area contributed by atoms with E-state index >= 15 is 0 Å². The van der Waals surface area contributed by atoms with Gasteiger partial charge in [0, 0.05) is 34.1 Å². The molecular formula is C52H40N2. The number of para-hydroxylation sites is 2. The zero-order chi connectivity index (χ0) is 36.0. The molecular weight excluding hydrogens is 653 g/mol. The van der Waals surface area contributed by atoms with E-state index in [1.165, 1.54) is 88.7 Å². The second-order valence-corrected chi connectivity index (χ2v) is 14.7. The molecule has 258 valence electrons. The standard InChI is InChI=1S/C52H40N2/c1-35-24-28-41(54-50-22-9-7-19-44(50)45-20-8-10-23-51(45)54)34-47(35)42-18-6-5-17-39(42)26-25-36-13-11-14-37(31-36)32-48-43-29-27-40(38-15-3-2-4-16-38)33-49(43)52-46(48)21-12-30-53-52/h2-24,27-31,33-34,48H,25-26,32H2,1H3. The zero-order valence-corrected chi connectivity index (χ0v) is 30.4. The summed E-state index contributed by atoms with van der Waals surface area (Å²) in [5.74, 6) is 0.286. The molecule has 7 aromatic carbocycles. The van der Waals surface area contributed by atoms with Gasteiger partial charge in [-0.1, -0.05) is 140 Å². The van der Waals surface area contributed by atoms with E-state index in [0.717, 1.165) is 25.0 Å². The minimum Gasteiger partial charge on any atom is -0.309 e. The van der Waals surface area contributed by atoms with E-state index in [2.05, 4.69) is 187 Å². The normalized spacial score (nSPS) is 13.3. The van der Waals surface area contributed by atoms with Gasteiger partial charge in [-0.2, -0.15) is 0 Å². The Hall–Kier alpha value is -6.51. The van der Waals surface area contributed by atoms with Crippen LogP contribution in [-0.4, -0.2) is 9.55 Å². The lowest BCUT2D eigenvalue weighted by Gasteiger charge is -2.16. The molecule has 0 fully saturated rings. The first-order valence-corrected chi connectivity index (χ1v) is 19.1. The van der Waals surface area contributed by atoms with Crippen molar-refractivity contribution in [2.24, 2.45) is 0 Å². The molecule has 54 heavy (non-hydrogen) atoms. The van der Waals surface area contributed by atoms with E-state index in [4.69, 9.17) is 4.98 Å². The number of nitrogens with zero attached hydrogens (tertiary/aromatic N) is 2. The molecule has 1 atom stereocenters. The fraction of sp³-hybridized carbons (Fsp3) is 0.0962. The summed E-state index contributed by atoms with van der Waals surface area (Å²) in [6.45, 7) is 2.24. The van der Waals surface area contributed by atoms with Crippen LogP contribution in [-0.2, 0) is 19.3 Å². The highest BCUT2D eigenvalue weighted by molar-refractivity contribution is 6.09. The number of pyridine rings is 1. The summed E-state index contributed by atoms with van der Waals surface area (Å²) in [7, 11) is 0. The van der Waals surface area contributed by atoms with Gasteiger partial charge in [-0.3, -0.25) is 4.98 Å². The fourth-order valence-electron chi connectivity index (χ4n) is 8.85. The quantitative estimate of drug-likeness (QED) is 0.155. The van der Waals surface area contributed by atoms with Gasteiger partial charge in [0.2, 0.25) is 0 Å². The van der Waals surface area contributed by atoms with Gasteiger partial charge in [-0.25, -0.2) is 0 Å². The molecule has 0 radical (unpaired) electrons. The minimum atomic E-state index is 0.286. The van der Waals surface area contributed by atoms with Crippen molar-refractivity contribution in [2.75, 3.05) is 0 Å². The Morgan fingerprint density at radius 1 is 0.500 bits per heavy atom. The van der Waals surface area contributed by atoms with E-state index < -0.39 is 0 Å². The third kappa shape index (κ3) is 5.63. The van der Waals surface area contributed by atoms with Gasteiger partial charge in [0.1, 0.15) is 0 Å². The molecule has 2 heteroatoms. The molecule has 0 bridgehead atoms. The van der Waals surface area contributed by atoms with Gasteiger partial charge in [0.05, 0.1) is 16.7 Å². The number of benzene rings is 7. The van der Waals surface area contributed by atoms with Crippen LogP contribution in [0.15, 0.2) is 182 Å². The van der Waals surface area contributed by atoms with Crippen LogP contribution in [0.25, 0.3) is 61.0 Å². The number of fused-ring (bicyclic) bond motifs is 6. The van der Waals surface area contributed by atoms with Crippen molar-refractivity contribution in [2.45, 2.75) is 32.1 Å². The Labute approximate surface area is 317 Å². The molecule has 1 aliphatic rings. The second-order valence-electron chi connectivity index (χ2n) is 14.7. The minimum absolute atomic E-state index is 0.286. The van der Waals surface area contributed by atoms with Gasteiger partial charge in [-0.15, -0.1) is 0 Å².